The van der Waals surface area contributed by atoms with Crippen LogP contribution < -0.4 is 0 Å². The number of rotatable bonds is 3. The molecule has 2 heteroatoms. The van der Waals surface area contributed by atoms with E-state index in [1.807, 2.05) is 0 Å². The van der Waals surface area contributed by atoms with Crippen LogP contribution in [0.25, 0.3) is 0 Å². The maximum atomic E-state index is 11.0. The van der Waals surface area contributed by atoms with Gasteiger partial charge in [-0.3, -0.25) is 4.79 Å². The summed E-state index contributed by atoms with van der Waals surface area (Å²) in [6.07, 6.45) is 5.20. The van der Waals surface area contributed by atoms with Gasteiger partial charge >= 0.3 is 5.97 Å². The van der Waals surface area contributed by atoms with Gasteiger partial charge < -0.3 is 5.11 Å². The minimum Gasteiger partial charge on any atom is -0.481 e. The van der Waals surface area contributed by atoms with Crippen molar-refractivity contribution in [1.82, 2.24) is 0 Å². The van der Waals surface area contributed by atoms with Crippen molar-refractivity contribution in [2.75, 3.05) is 0 Å². The first-order valence-corrected chi connectivity index (χ1v) is 5.22. The smallest absolute Gasteiger partial charge is 0.309 e. The molecule has 0 aliphatic heterocycles. The van der Waals surface area contributed by atoms with Gasteiger partial charge in [0.25, 0.3) is 0 Å². The predicted molar refractivity (Wildman–Crippen MR) is 50.4 cm³/mol. The molecule has 0 amide bonds. The maximum absolute atomic E-state index is 11.0. The monoisotopic (exact) mass is 182 g/mol. The van der Waals surface area contributed by atoms with Gasteiger partial charge in [-0.1, -0.05) is 13.8 Å². The molecule has 3 aliphatic carbocycles. The summed E-state index contributed by atoms with van der Waals surface area (Å²) in [6, 6.07) is 0. The molecule has 0 heterocycles. The lowest BCUT2D eigenvalue weighted by atomic mass is 9.58. The third kappa shape index (κ3) is 1.18. The van der Waals surface area contributed by atoms with Gasteiger partial charge in [-0.25, -0.2) is 0 Å². The number of carbonyl (C=O) groups is 1. The molecular formula is C11H18O2. The van der Waals surface area contributed by atoms with E-state index in [1.54, 1.807) is 0 Å². The Balaban J connectivity index is 2.02. The Bertz CT molecular complexity index is 236. The molecule has 3 rings (SSSR count). The Hall–Kier alpha value is -0.530. The van der Waals surface area contributed by atoms with Gasteiger partial charge in [0, 0.05) is 0 Å². The van der Waals surface area contributed by atoms with Crippen LogP contribution >= 0.6 is 0 Å². The number of hydrogen-bond donors (Lipinski definition) is 1. The van der Waals surface area contributed by atoms with Crippen LogP contribution in [0, 0.1) is 16.7 Å². The number of hydrogen-bond acceptors (Lipinski definition) is 1. The summed E-state index contributed by atoms with van der Waals surface area (Å²) in [7, 11) is 0. The van der Waals surface area contributed by atoms with Crippen LogP contribution in [-0.4, -0.2) is 11.1 Å². The number of aliphatic carboxylic acids is 1. The Morgan fingerprint density at radius 3 is 2.38 bits per heavy atom. The van der Waals surface area contributed by atoms with E-state index in [9.17, 15) is 4.79 Å². The van der Waals surface area contributed by atoms with E-state index in [-0.39, 0.29) is 5.41 Å². The summed E-state index contributed by atoms with van der Waals surface area (Å²) in [6.45, 7) is 4.46. The average molecular weight is 182 g/mol. The van der Waals surface area contributed by atoms with E-state index in [2.05, 4.69) is 13.8 Å². The topological polar surface area (TPSA) is 37.3 Å². The number of fused-ring (bicyclic) bond motifs is 1. The summed E-state index contributed by atoms with van der Waals surface area (Å²) in [5.41, 5.74) is 0.126. The third-order valence-corrected chi connectivity index (χ3v) is 3.86. The van der Waals surface area contributed by atoms with Gasteiger partial charge in [-0.05, 0) is 43.4 Å². The molecule has 0 atom stereocenters. The molecule has 3 saturated carbocycles. The normalized spacial score (nSPS) is 42.1. The molecule has 1 N–H and O–H groups in total. The lowest BCUT2D eigenvalue weighted by Crippen LogP contribution is -2.43. The van der Waals surface area contributed by atoms with Gasteiger partial charge in [0.1, 0.15) is 0 Å². The fourth-order valence-electron chi connectivity index (χ4n) is 3.61. The summed E-state index contributed by atoms with van der Waals surface area (Å²) < 4.78 is 0. The zero-order chi connectivity index (χ0) is 9.69. The Labute approximate surface area is 79.3 Å². The molecule has 0 unspecified atom stereocenters. The molecule has 3 fully saturated rings. The fourth-order valence-corrected chi connectivity index (χ4v) is 3.61. The molecule has 3 aliphatic rings. The fraction of sp³-hybridized carbons (Fsp3) is 0.909. The van der Waals surface area contributed by atoms with Gasteiger partial charge in [-0.15, -0.1) is 0 Å². The van der Waals surface area contributed by atoms with E-state index in [4.69, 9.17) is 5.11 Å². The van der Waals surface area contributed by atoms with E-state index in [0.717, 1.165) is 25.7 Å². The summed E-state index contributed by atoms with van der Waals surface area (Å²) in [4.78, 5) is 11.0. The predicted octanol–water partition coefficient (Wildman–Crippen LogP) is 2.68. The first-order valence-electron chi connectivity index (χ1n) is 5.22. The molecule has 0 aromatic rings. The quantitative estimate of drug-likeness (QED) is 0.728. The average Bonchev–Trinajstić information content (AvgIpc) is 2.39. The molecule has 0 aromatic carbocycles. The zero-order valence-electron chi connectivity index (χ0n) is 8.47. The third-order valence-electron chi connectivity index (χ3n) is 3.86. The number of carboxylic acid groups (broad SMARTS) is 1. The summed E-state index contributed by atoms with van der Waals surface area (Å²) in [5.74, 6) is 0.161. The van der Waals surface area contributed by atoms with Crippen molar-refractivity contribution < 1.29 is 9.90 Å². The van der Waals surface area contributed by atoms with Crippen molar-refractivity contribution in [3.05, 3.63) is 0 Å². The molecule has 2 bridgehead atoms. The standard InChI is InChI=1S/C11H18O2/c1-8(2)5-10-3-4-11(6-10,7-10)9(12)13/h8H,3-7H2,1-2H3,(H,12,13). The maximum Gasteiger partial charge on any atom is 0.309 e. The van der Waals surface area contributed by atoms with Crippen molar-refractivity contribution in [1.29, 1.82) is 0 Å². The molecule has 2 nitrogen and oxygen atoms in total. The first kappa shape index (κ1) is 9.04. The lowest BCUT2D eigenvalue weighted by molar-refractivity contribution is -0.157. The van der Waals surface area contributed by atoms with Crippen molar-refractivity contribution >= 4 is 5.97 Å². The second kappa shape index (κ2) is 2.49. The van der Waals surface area contributed by atoms with Crippen LogP contribution in [0.1, 0.15) is 46.0 Å². The molecule has 0 saturated heterocycles. The number of carboxylic acids is 1. The SMILES string of the molecule is CC(C)CC12CCC(C(=O)O)(C1)C2. The minimum absolute atomic E-state index is 0.297. The highest BCUT2D eigenvalue weighted by Crippen LogP contribution is 2.69. The zero-order valence-corrected chi connectivity index (χ0v) is 8.47. The van der Waals surface area contributed by atoms with Crippen molar-refractivity contribution in [2.45, 2.75) is 46.0 Å². The van der Waals surface area contributed by atoms with Crippen molar-refractivity contribution in [2.24, 2.45) is 16.7 Å². The molecule has 0 spiro atoms. The van der Waals surface area contributed by atoms with Gasteiger partial charge in [0.2, 0.25) is 0 Å². The van der Waals surface area contributed by atoms with Gasteiger partial charge in [0.15, 0.2) is 0 Å². The largest absolute Gasteiger partial charge is 0.481 e. The molecule has 0 aromatic heterocycles. The molecule has 0 radical (unpaired) electrons. The van der Waals surface area contributed by atoms with Crippen LogP contribution in [0.15, 0.2) is 0 Å². The van der Waals surface area contributed by atoms with E-state index in [1.165, 1.54) is 6.42 Å². The van der Waals surface area contributed by atoms with E-state index < -0.39 is 5.97 Å². The van der Waals surface area contributed by atoms with Crippen LogP contribution in [-0.2, 0) is 4.79 Å². The van der Waals surface area contributed by atoms with E-state index in [0.29, 0.717) is 11.3 Å². The Kier molecular flexibility index (Phi) is 1.73. The van der Waals surface area contributed by atoms with Gasteiger partial charge in [0.05, 0.1) is 5.41 Å². The van der Waals surface area contributed by atoms with Crippen LogP contribution in [0.5, 0.6) is 0 Å². The molecular weight excluding hydrogens is 164 g/mol. The van der Waals surface area contributed by atoms with Crippen LogP contribution in [0.2, 0.25) is 0 Å². The minimum atomic E-state index is -0.551. The van der Waals surface area contributed by atoms with Crippen LogP contribution in [0.4, 0.5) is 0 Å². The van der Waals surface area contributed by atoms with E-state index >= 15 is 0 Å². The summed E-state index contributed by atoms with van der Waals surface area (Å²) in [5, 5.41) is 9.06. The highest BCUT2D eigenvalue weighted by Gasteiger charge is 2.64. The summed E-state index contributed by atoms with van der Waals surface area (Å²) >= 11 is 0. The Morgan fingerprint density at radius 2 is 2.00 bits per heavy atom. The first-order chi connectivity index (χ1) is 5.98. The Morgan fingerprint density at radius 1 is 1.38 bits per heavy atom. The second-order valence-electron chi connectivity index (χ2n) is 5.54. The van der Waals surface area contributed by atoms with Gasteiger partial charge in [-0.2, -0.15) is 0 Å². The lowest BCUT2D eigenvalue weighted by Gasteiger charge is -2.45. The highest BCUT2D eigenvalue weighted by molar-refractivity contribution is 5.77. The second-order valence-corrected chi connectivity index (χ2v) is 5.54. The molecule has 74 valence electrons. The van der Waals surface area contributed by atoms with Crippen molar-refractivity contribution in [3.8, 4) is 0 Å². The molecule has 13 heavy (non-hydrogen) atoms. The van der Waals surface area contributed by atoms with Crippen LogP contribution in [0.3, 0.4) is 0 Å². The highest BCUT2D eigenvalue weighted by atomic mass is 16.4. The van der Waals surface area contributed by atoms with Crippen molar-refractivity contribution in [3.63, 3.8) is 0 Å².